The molecule has 0 radical (unpaired) electrons. The Morgan fingerprint density at radius 1 is 1.55 bits per heavy atom. The first kappa shape index (κ1) is 10.5. The summed E-state index contributed by atoms with van der Waals surface area (Å²) < 4.78 is 19.6. The smallest absolute Gasteiger partial charge is 0.481 e. The summed E-state index contributed by atoms with van der Waals surface area (Å²) in [7, 11) is -2.12. The molecule has 0 spiro atoms. The van der Waals surface area contributed by atoms with E-state index in [0.29, 0.717) is 6.61 Å². The fraction of sp³-hybridized carbons (Fsp3) is 0.800. The molecule has 0 aromatic carbocycles. The van der Waals surface area contributed by atoms with Crippen molar-refractivity contribution in [3.63, 3.8) is 0 Å². The van der Waals surface area contributed by atoms with Gasteiger partial charge in [-0.05, 0) is 6.92 Å². The zero-order valence-corrected chi connectivity index (χ0v) is 7.04. The largest absolute Gasteiger partial charge is 0.697 e. The van der Waals surface area contributed by atoms with Crippen LogP contribution in [-0.2, 0) is 18.4 Å². The van der Waals surface area contributed by atoms with Crippen LogP contribution in [0.25, 0.3) is 0 Å². The van der Waals surface area contributed by atoms with Gasteiger partial charge in [0.1, 0.15) is 13.2 Å². The van der Waals surface area contributed by atoms with Crippen LogP contribution in [0.15, 0.2) is 0 Å². The van der Waals surface area contributed by atoms with Crippen LogP contribution in [0.2, 0.25) is 0 Å². The molecular weight excluding hydrogens is 171 g/mol. The van der Waals surface area contributed by atoms with Crippen LogP contribution in [0.3, 0.4) is 0 Å². The van der Waals surface area contributed by atoms with Gasteiger partial charge in [0.25, 0.3) is 0 Å². The molecule has 6 heteroatoms. The Morgan fingerprint density at radius 2 is 2.18 bits per heavy atom. The molecule has 0 saturated heterocycles. The summed E-state index contributed by atoms with van der Waals surface area (Å²) in [5.41, 5.74) is 0. The van der Waals surface area contributed by atoms with E-state index in [-0.39, 0.29) is 13.0 Å². The van der Waals surface area contributed by atoms with E-state index in [1.807, 2.05) is 0 Å². The molecule has 11 heavy (non-hydrogen) atoms. The van der Waals surface area contributed by atoms with E-state index in [0.717, 1.165) is 0 Å². The molecule has 64 valence electrons. The molecule has 0 aliphatic rings. The Labute approximate surface area is 65.3 Å². The van der Waals surface area contributed by atoms with Gasteiger partial charge in [0, 0.05) is 4.57 Å². The van der Waals surface area contributed by atoms with Gasteiger partial charge in [0.2, 0.25) is 0 Å². The van der Waals surface area contributed by atoms with Gasteiger partial charge in [-0.25, -0.2) is 0 Å². The lowest BCUT2D eigenvalue weighted by molar-refractivity contribution is -0.137. The van der Waals surface area contributed by atoms with Crippen LogP contribution < -0.4 is 0 Å². The highest BCUT2D eigenvalue weighted by Gasteiger charge is 2.18. The number of carboxylic acids is 1. The fourth-order valence-electron chi connectivity index (χ4n) is 0.350. The van der Waals surface area contributed by atoms with E-state index in [4.69, 9.17) is 5.11 Å². The second kappa shape index (κ2) is 6.22. The van der Waals surface area contributed by atoms with Gasteiger partial charge in [-0.15, -0.1) is 9.05 Å². The Morgan fingerprint density at radius 3 is 2.64 bits per heavy atom. The Hall–Kier alpha value is -0.510. The Kier molecular flexibility index (Phi) is 5.93. The lowest BCUT2D eigenvalue weighted by Gasteiger charge is -1.86. The summed E-state index contributed by atoms with van der Waals surface area (Å²) in [4.78, 5) is 9.92. The van der Waals surface area contributed by atoms with Crippen LogP contribution in [0, 0.1) is 0 Å². The number of hydrogen-bond acceptors (Lipinski definition) is 4. The molecule has 5 nitrogen and oxygen atoms in total. The maximum atomic E-state index is 10.5. The minimum Gasteiger partial charge on any atom is -0.481 e. The first-order valence-electron chi connectivity index (χ1n) is 3.11. The molecule has 0 rings (SSSR count). The lowest BCUT2D eigenvalue weighted by Crippen LogP contribution is -1.99. The summed E-state index contributed by atoms with van der Waals surface area (Å²) in [5.74, 6) is -0.982. The third-order valence-electron chi connectivity index (χ3n) is 0.747. The second-order valence-electron chi connectivity index (χ2n) is 1.62. The number of aliphatic carboxylic acids is 1. The van der Waals surface area contributed by atoms with Gasteiger partial charge < -0.3 is 5.11 Å². The molecule has 0 fully saturated rings. The fourth-order valence-corrected chi connectivity index (χ4v) is 0.876. The number of carboxylic acid groups (broad SMARTS) is 1. The van der Waals surface area contributed by atoms with E-state index in [9.17, 15) is 9.36 Å². The topological polar surface area (TPSA) is 72.8 Å². The third kappa shape index (κ3) is 7.39. The zero-order valence-electron chi connectivity index (χ0n) is 6.15. The molecule has 1 atom stereocenters. The molecule has 1 N–H and O–H groups in total. The quantitative estimate of drug-likeness (QED) is 0.622. The van der Waals surface area contributed by atoms with E-state index in [1.165, 1.54) is 0 Å². The van der Waals surface area contributed by atoms with Crippen molar-refractivity contribution in [2.24, 2.45) is 0 Å². The van der Waals surface area contributed by atoms with Gasteiger partial charge in [-0.3, -0.25) is 4.79 Å². The van der Waals surface area contributed by atoms with Crippen molar-refractivity contribution in [3.05, 3.63) is 0 Å². The monoisotopic (exact) mass is 181 g/mol. The SMILES string of the molecule is CCO[P+](=O)OCCC(=O)O. The van der Waals surface area contributed by atoms with Crippen molar-refractivity contribution in [2.45, 2.75) is 13.3 Å². The highest BCUT2D eigenvalue weighted by atomic mass is 31.1. The van der Waals surface area contributed by atoms with Crippen molar-refractivity contribution in [3.8, 4) is 0 Å². The summed E-state index contributed by atoms with van der Waals surface area (Å²) in [6.45, 7) is 1.89. The van der Waals surface area contributed by atoms with Gasteiger partial charge in [-0.1, -0.05) is 0 Å². The molecule has 0 bridgehead atoms. The highest BCUT2D eigenvalue weighted by Crippen LogP contribution is 2.22. The molecule has 0 aliphatic heterocycles. The molecule has 1 unspecified atom stereocenters. The van der Waals surface area contributed by atoms with E-state index >= 15 is 0 Å². The minimum absolute atomic E-state index is 0.0788. The summed E-state index contributed by atoms with van der Waals surface area (Å²) >= 11 is 0. The number of hydrogen-bond donors (Lipinski definition) is 1. The van der Waals surface area contributed by atoms with Crippen molar-refractivity contribution in [1.82, 2.24) is 0 Å². The van der Waals surface area contributed by atoms with Crippen molar-refractivity contribution >= 4 is 14.2 Å². The van der Waals surface area contributed by atoms with Crippen LogP contribution in [0.4, 0.5) is 0 Å². The number of carbonyl (C=O) groups is 1. The Balaban J connectivity index is 3.24. The molecule has 0 aromatic heterocycles. The molecule has 0 aromatic rings. The highest BCUT2D eigenvalue weighted by molar-refractivity contribution is 7.33. The van der Waals surface area contributed by atoms with Gasteiger partial charge in [-0.2, -0.15) is 0 Å². The second-order valence-corrected chi connectivity index (χ2v) is 2.58. The summed E-state index contributed by atoms with van der Waals surface area (Å²) in [6, 6.07) is 0. The lowest BCUT2D eigenvalue weighted by atomic mass is 10.5. The standard InChI is InChI=1S/C5H9O5P/c1-2-9-11(8)10-4-3-5(6)7/h2-4H2,1H3/p+1. The zero-order chi connectivity index (χ0) is 8.69. The van der Waals surface area contributed by atoms with E-state index in [1.54, 1.807) is 6.92 Å². The van der Waals surface area contributed by atoms with Crippen LogP contribution in [-0.4, -0.2) is 24.3 Å². The Bertz CT molecular complexity index is 146. The molecule has 0 amide bonds. The van der Waals surface area contributed by atoms with E-state index in [2.05, 4.69) is 9.05 Å². The first-order valence-corrected chi connectivity index (χ1v) is 4.21. The van der Waals surface area contributed by atoms with Gasteiger partial charge in [0.15, 0.2) is 0 Å². The van der Waals surface area contributed by atoms with Crippen molar-refractivity contribution in [2.75, 3.05) is 13.2 Å². The maximum absolute atomic E-state index is 10.5. The van der Waals surface area contributed by atoms with E-state index < -0.39 is 14.2 Å². The van der Waals surface area contributed by atoms with Crippen molar-refractivity contribution in [1.29, 1.82) is 0 Å². The van der Waals surface area contributed by atoms with Crippen LogP contribution in [0.5, 0.6) is 0 Å². The normalized spacial score (nSPS) is 11.2. The number of rotatable bonds is 6. The van der Waals surface area contributed by atoms with Crippen LogP contribution >= 0.6 is 8.25 Å². The average Bonchev–Trinajstić information content (AvgIpc) is 1.87. The predicted octanol–water partition coefficient (Wildman–Crippen LogP) is 1.17. The predicted molar refractivity (Wildman–Crippen MR) is 37.4 cm³/mol. The van der Waals surface area contributed by atoms with Crippen LogP contribution in [0.1, 0.15) is 13.3 Å². The van der Waals surface area contributed by atoms with Gasteiger partial charge in [0.05, 0.1) is 6.42 Å². The molecule has 0 aliphatic carbocycles. The molecule has 0 saturated carbocycles. The van der Waals surface area contributed by atoms with Crippen molar-refractivity contribution < 1.29 is 23.5 Å². The summed E-state index contributed by atoms with van der Waals surface area (Å²) in [5, 5.41) is 8.14. The third-order valence-corrected chi connectivity index (χ3v) is 1.61. The molecular formula is C5H10O5P+. The summed E-state index contributed by atoms with van der Waals surface area (Å²) in [6.07, 6.45) is -0.159. The average molecular weight is 181 g/mol. The maximum Gasteiger partial charge on any atom is 0.697 e. The first-order chi connectivity index (χ1) is 5.16. The minimum atomic E-state index is -2.12. The van der Waals surface area contributed by atoms with Gasteiger partial charge >= 0.3 is 14.2 Å². The molecule has 0 heterocycles.